The van der Waals surface area contributed by atoms with E-state index in [9.17, 15) is 9.59 Å². The molecule has 2 aromatic rings. The van der Waals surface area contributed by atoms with E-state index in [1.807, 2.05) is 17.2 Å². The SMILES string of the molecule is O=C(NC1CCC(n2ccc3cccnc32)CC1)C1CC(=O)N(C2CCCC2)C1. The molecule has 6 nitrogen and oxygen atoms in total. The lowest BCUT2D eigenvalue weighted by Gasteiger charge is -2.31. The third-order valence-corrected chi connectivity index (χ3v) is 7.21. The molecule has 1 aliphatic heterocycles. The monoisotopic (exact) mass is 394 g/mol. The maximum absolute atomic E-state index is 12.8. The Morgan fingerprint density at radius 3 is 2.62 bits per heavy atom. The first-order valence-corrected chi connectivity index (χ1v) is 11.2. The number of pyridine rings is 1. The zero-order valence-corrected chi connectivity index (χ0v) is 16.9. The first-order chi connectivity index (χ1) is 14.2. The largest absolute Gasteiger partial charge is 0.353 e. The summed E-state index contributed by atoms with van der Waals surface area (Å²) in [5.41, 5.74) is 1.05. The van der Waals surface area contributed by atoms with Crippen molar-refractivity contribution in [3.63, 3.8) is 0 Å². The van der Waals surface area contributed by atoms with Gasteiger partial charge in [0.15, 0.2) is 0 Å². The molecule has 0 bridgehead atoms. The van der Waals surface area contributed by atoms with Crippen LogP contribution in [0.1, 0.15) is 63.8 Å². The van der Waals surface area contributed by atoms with Crippen LogP contribution >= 0.6 is 0 Å². The Bertz CT molecular complexity index is 893. The second-order valence-electron chi connectivity index (χ2n) is 9.04. The summed E-state index contributed by atoms with van der Waals surface area (Å²) in [7, 11) is 0. The van der Waals surface area contributed by atoms with Gasteiger partial charge in [-0.3, -0.25) is 9.59 Å². The van der Waals surface area contributed by atoms with Gasteiger partial charge in [0.25, 0.3) is 0 Å². The molecule has 2 aliphatic carbocycles. The summed E-state index contributed by atoms with van der Waals surface area (Å²) in [6.07, 6.45) is 13.1. The molecule has 1 saturated heterocycles. The van der Waals surface area contributed by atoms with Crippen molar-refractivity contribution in [2.45, 2.75) is 75.9 Å². The molecule has 1 unspecified atom stereocenters. The van der Waals surface area contributed by atoms with Crippen LogP contribution in [-0.4, -0.2) is 44.9 Å². The third kappa shape index (κ3) is 3.65. The van der Waals surface area contributed by atoms with Crippen molar-refractivity contribution in [1.82, 2.24) is 19.8 Å². The molecule has 3 aliphatic rings. The second kappa shape index (κ2) is 7.81. The van der Waals surface area contributed by atoms with Crippen LogP contribution in [0.15, 0.2) is 30.6 Å². The van der Waals surface area contributed by atoms with Gasteiger partial charge in [0, 0.05) is 48.9 Å². The predicted octanol–water partition coefficient (Wildman–Crippen LogP) is 3.43. The van der Waals surface area contributed by atoms with Gasteiger partial charge in [-0.2, -0.15) is 0 Å². The molecule has 3 fully saturated rings. The molecular formula is C23H30N4O2. The summed E-state index contributed by atoms with van der Waals surface area (Å²) in [6.45, 7) is 0.617. The van der Waals surface area contributed by atoms with E-state index in [2.05, 4.69) is 33.2 Å². The van der Waals surface area contributed by atoms with Gasteiger partial charge in [-0.1, -0.05) is 12.8 Å². The van der Waals surface area contributed by atoms with Gasteiger partial charge in [-0.25, -0.2) is 4.98 Å². The molecule has 2 saturated carbocycles. The molecule has 3 heterocycles. The highest BCUT2D eigenvalue weighted by atomic mass is 16.2. The standard InChI is InChI=1S/C23H30N4O2/c28-21-14-17(15-27(21)19-5-1-2-6-19)23(29)25-18-7-9-20(10-8-18)26-13-11-16-4-3-12-24-22(16)26/h3-4,11-13,17-20H,1-2,5-10,14-15H2,(H,25,29). The van der Waals surface area contributed by atoms with Gasteiger partial charge in [-0.05, 0) is 56.7 Å². The Morgan fingerprint density at radius 2 is 1.83 bits per heavy atom. The minimum absolute atomic E-state index is 0.0791. The van der Waals surface area contributed by atoms with Gasteiger partial charge in [0.05, 0.1) is 5.92 Å². The van der Waals surface area contributed by atoms with E-state index in [0.29, 0.717) is 25.0 Å². The molecule has 1 atom stereocenters. The summed E-state index contributed by atoms with van der Waals surface area (Å²) in [4.78, 5) is 31.7. The maximum Gasteiger partial charge on any atom is 0.225 e. The van der Waals surface area contributed by atoms with Crippen molar-refractivity contribution in [2.24, 2.45) is 5.92 Å². The van der Waals surface area contributed by atoms with Crippen molar-refractivity contribution < 1.29 is 9.59 Å². The summed E-state index contributed by atoms with van der Waals surface area (Å²) >= 11 is 0. The molecule has 2 aromatic heterocycles. The smallest absolute Gasteiger partial charge is 0.225 e. The number of amides is 2. The lowest BCUT2D eigenvalue weighted by Crippen LogP contribution is -2.42. The highest BCUT2D eigenvalue weighted by molar-refractivity contribution is 5.89. The fourth-order valence-corrected chi connectivity index (χ4v) is 5.57. The van der Waals surface area contributed by atoms with Crippen LogP contribution in [0, 0.1) is 5.92 Å². The zero-order valence-electron chi connectivity index (χ0n) is 16.9. The number of hydrogen-bond donors (Lipinski definition) is 1. The Hall–Kier alpha value is -2.37. The summed E-state index contributed by atoms with van der Waals surface area (Å²) < 4.78 is 2.29. The average molecular weight is 395 g/mol. The maximum atomic E-state index is 12.8. The zero-order chi connectivity index (χ0) is 19.8. The number of nitrogens with one attached hydrogen (secondary N) is 1. The van der Waals surface area contributed by atoms with Crippen molar-refractivity contribution in [3.05, 3.63) is 30.6 Å². The topological polar surface area (TPSA) is 67.2 Å². The fraction of sp³-hybridized carbons (Fsp3) is 0.609. The molecule has 6 heteroatoms. The van der Waals surface area contributed by atoms with Crippen LogP contribution in [0.2, 0.25) is 0 Å². The van der Waals surface area contributed by atoms with Gasteiger partial charge in [0.2, 0.25) is 11.8 Å². The second-order valence-corrected chi connectivity index (χ2v) is 9.04. The summed E-state index contributed by atoms with van der Waals surface area (Å²) in [6, 6.07) is 7.25. The number of nitrogens with zero attached hydrogens (tertiary/aromatic N) is 3. The molecular weight excluding hydrogens is 364 g/mol. The molecule has 5 rings (SSSR count). The number of rotatable bonds is 4. The minimum atomic E-state index is -0.168. The average Bonchev–Trinajstić information content (AvgIpc) is 3.48. The number of fused-ring (bicyclic) bond motifs is 1. The van der Waals surface area contributed by atoms with Gasteiger partial charge >= 0.3 is 0 Å². The minimum Gasteiger partial charge on any atom is -0.353 e. The van der Waals surface area contributed by atoms with Crippen molar-refractivity contribution in [1.29, 1.82) is 0 Å². The van der Waals surface area contributed by atoms with E-state index >= 15 is 0 Å². The molecule has 29 heavy (non-hydrogen) atoms. The first-order valence-electron chi connectivity index (χ1n) is 11.2. The molecule has 0 spiro atoms. The number of hydrogen-bond acceptors (Lipinski definition) is 3. The van der Waals surface area contributed by atoms with Crippen LogP contribution in [0.4, 0.5) is 0 Å². The number of carbonyl (C=O) groups is 2. The molecule has 0 radical (unpaired) electrons. The van der Waals surface area contributed by atoms with Crippen LogP contribution < -0.4 is 5.32 Å². The van der Waals surface area contributed by atoms with Crippen molar-refractivity contribution >= 4 is 22.8 Å². The lowest BCUT2D eigenvalue weighted by molar-refractivity contribution is -0.130. The van der Waals surface area contributed by atoms with Gasteiger partial charge in [-0.15, -0.1) is 0 Å². The van der Waals surface area contributed by atoms with E-state index in [0.717, 1.165) is 44.2 Å². The van der Waals surface area contributed by atoms with E-state index in [1.165, 1.54) is 18.2 Å². The van der Waals surface area contributed by atoms with Crippen LogP contribution in [-0.2, 0) is 9.59 Å². The number of carbonyl (C=O) groups excluding carboxylic acids is 2. The third-order valence-electron chi connectivity index (χ3n) is 7.21. The van der Waals surface area contributed by atoms with E-state index in [1.54, 1.807) is 0 Å². The number of aromatic nitrogens is 2. The Morgan fingerprint density at radius 1 is 1.03 bits per heavy atom. The summed E-state index contributed by atoms with van der Waals surface area (Å²) in [5, 5.41) is 4.43. The predicted molar refractivity (Wildman–Crippen MR) is 111 cm³/mol. The van der Waals surface area contributed by atoms with Gasteiger partial charge < -0.3 is 14.8 Å². The van der Waals surface area contributed by atoms with Crippen molar-refractivity contribution in [3.8, 4) is 0 Å². The lowest BCUT2D eigenvalue weighted by atomic mass is 9.90. The quantitative estimate of drug-likeness (QED) is 0.864. The van der Waals surface area contributed by atoms with E-state index in [4.69, 9.17) is 0 Å². The Kier molecular flexibility index (Phi) is 5.02. The molecule has 1 N–H and O–H groups in total. The normalized spacial score (nSPS) is 28.3. The van der Waals surface area contributed by atoms with Crippen LogP contribution in [0.25, 0.3) is 11.0 Å². The summed E-state index contributed by atoms with van der Waals surface area (Å²) in [5.74, 6) is 0.0848. The highest BCUT2D eigenvalue weighted by Gasteiger charge is 2.39. The molecule has 2 amide bonds. The Balaban J connectivity index is 1.15. The first kappa shape index (κ1) is 18.6. The highest BCUT2D eigenvalue weighted by Crippen LogP contribution is 2.32. The van der Waals surface area contributed by atoms with E-state index < -0.39 is 0 Å². The number of likely N-dealkylation sites (tertiary alicyclic amines) is 1. The van der Waals surface area contributed by atoms with Gasteiger partial charge in [0.1, 0.15) is 5.65 Å². The molecule has 154 valence electrons. The van der Waals surface area contributed by atoms with E-state index in [-0.39, 0.29) is 23.8 Å². The van der Waals surface area contributed by atoms with Crippen molar-refractivity contribution in [2.75, 3.05) is 6.54 Å². The molecule has 0 aromatic carbocycles. The van der Waals surface area contributed by atoms with Crippen LogP contribution in [0.5, 0.6) is 0 Å². The fourth-order valence-electron chi connectivity index (χ4n) is 5.57. The Labute approximate surface area is 171 Å². The van der Waals surface area contributed by atoms with Crippen LogP contribution in [0.3, 0.4) is 0 Å².